The van der Waals surface area contributed by atoms with E-state index < -0.39 is 0 Å². The highest BCUT2D eigenvalue weighted by Gasteiger charge is 2.21. The third kappa shape index (κ3) is 3.86. The molecule has 0 atom stereocenters. The number of hydrogen-bond acceptors (Lipinski definition) is 3. The maximum Gasteiger partial charge on any atom is 0.159 e. The third-order valence-electron chi connectivity index (χ3n) is 4.07. The molecule has 0 spiro atoms. The summed E-state index contributed by atoms with van der Waals surface area (Å²) in [6.07, 6.45) is 0. The number of anilines is 1. The maximum absolute atomic E-state index is 14.3. The molecule has 0 amide bonds. The van der Waals surface area contributed by atoms with E-state index in [2.05, 4.69) is 27.4 Å². The van der Waals surface area contributed by atoms with Crippen LogP contribution in [-0.2, 0) is 0 Å². The van der Waals surface area contributed by atoms with E-state index in [-0.39, 0.29) is 5.82 Å². The van der Waals surface area contributed by atoms with Gasteiger partial charge in [-0.25, -0.2) is 4.39 Å². The van der Waals surface area contributed by atoms with Gasteiger partial charge in [-0.2, -0.15) is 5.10 Å². The second-order valence-corrected chi connectivity index (χ2v) is 6.20. The number of rotatable bonds is 3. The molecule has 24 heavy (non-hydrogen) atoms. The SMILES string of the molecule is CN1CCN(C(=NNc2ccccc2Cl)c2ccccc2F)CC1. The van der Waals surface area contributed by atoms with Crippen molar-refractivity contribution in [3.05, 3.63) is 64.9 Å². The second-order valence-electron chi connectivity index (χ2n) is 5.80. The van der Waals surface area contributed by atoms with Crippen LogP contribution >= 0.6 is 11.6 Å². The van der Waals surface area contributed by atoms with Gasteiger partial charge in [0.25, 0.3) is 0 Å². The molecule has 1 heterocycles. The van der Waals surface area contributed by atoms with E-state index in [1.165, 1.54) is 6.07 Å². The van der Waals surface area contributed by atoms with Gasteiger partial charge in [-0.15, -0.1) is 0 Å². The number of nitrogens with zero attached hydrogens (tertiary/aromatic N) is 3. The summed E-state index contributed by atoms with van der Waals surface area (Å²) >= 11 is 6.16. The molecule has 126 valence electrons. The second kappa shape index (κ2) is 7.64. The Bertz CT molecular complexity index is 726. The number of hydrogen-bond donors (Lipinski definition) is 1. The van der Waals surface area contributed by atoms with E-state index in [0.717, 1.165) is 26.2 Å². The predicted octanol–water partition coefficient (Wildman–Crippen LogP) is 3.50. The average molecular weight is 347 g/mol. The van der Waals surface area contributed by atoms with Crippen LogP contribution in [0.25, 0.3) is 0 Å². The van der Waals surface area contributed by atoms with Gasteiger partial charge in [-0.1, -0.05) is 35.9 Å². The van der Waals surface area contributed by atoms with Gasteiger partial charge < -0.3 is 9.80 Å². The first kappa shape index (κ1) is 16.7. The van der Waals surface area contributed by atoms with Gasteiger partial charge in [0.2, 0.25) is 0 Å². The molecular weight excluding hydrogens is 327 g/mol. The highest BCUT2D eigenvalue weighted by molar-refractivity contribution is 6.33. The van der Waals surface area contributed by atoms with E-state index in [0.29, 0.717) is 22.1 Å². The van der Waals surface area contributed by atoms with Crippen LogP contribution in [0.5, 0.6) is 0 Å². The Labute approximate surface area is 146 Å². The molecule has 3 rings (SSSR count). The molecule has 0 radical (unpaired) electrons. The minimum absolute atomic E-state index is 0.281. The van der Waals surface area contributed by atoms with E-state index in [1.807, 2.05) is 24.3 Å². The summed E-state index contributed by atoms with van der Waals surface area (Å²) in [6.45, 7) is 3.43. The zero-order chi connectivity index (χ0) is 16.9. The normalized spacial score (nSPS) is 16.3. The molecule has 4 nitrogen and oxygen atoms in total. The number of halogens is 2. The fourth-order valence-electron chi connectivity index (χ4n) is 2.63. The lowest BCUT2D eigenvalue weighted by molar-refractivity contribution is 0.215. The molecule has 1 fully saturated rings. The van der Waals surface area contributed by atoms with Crippen molar-refractivity contribution in [1.82, 2.24) is 9.80 Å². The number of amidine groups is 1. The van der Waals surface area contributed by atoms with Crippen molar-refractivity contribution < 1.29 is 4.39 Å². The monoisotopic (exact) mass is 346 g/mol. The Kier molecular flexibility index (Phi) is 5.33. The summed E-state index contributed by atoms with van der Waals surface area (Å²) in [7, 11) is 2.08. The standard InChI is InChI=1S/C18H20ClFN4/c1-23-10-12-24(13-11-23)18(14-6-2-4-8-16(14)20)22-21-17-9-5-3-7-15(17)19/h2-9,21H,10-13H2,1H3. The van der Waals surface area contributed by atoms with Crippen molar-refractivity contribution in [2.24, 2.45) is 5.10 Å². The largest absolute Gasteiger partial charge is 0.352 e. The highest BCUT2D eigenvalue weighted by atomic mass is 35.5. The fraction of sp³-hybridized carbons (Fsp3) is 0.278. The zero-order valence-corrected chi connectivity index (χ0v) is 14.3. The summed E-state index contributed by atoms with van der Waals surface area (Å²) in [5.74, 6) is 0.317. The van der Waals surface area contributed by atoms with Crippen LogP contribution < -0.4 is 5.43 Å². The molecular formula is C18H20ClFN4. The maximum atomic E-state index is 14.3. The average Bonchev–Trinajstić information content (AvgIpc) is 2.59. The van der Waals surface area contributed by atoms with Crippen molar-refractivity contribution in [3.63, 3.8) is 0 Å². The lowest BCUT2D eigenvalue weighted by Crippen LogP contribution is -2.47. The van der Waals surface area contributed by atoms with Crippen molar-refractivity contribution in [3.8, 4) is 0 Å². The first-order valence-electron chi connectivity index (χ1n) is 7.92. The summed E-state index contributed by atoms with van der Waals surface area (Å²) in [5.41, 5.74) is 4.17. The molecule has 0 unspecified atom stereocenters. The van der Waals surface area contributed by atoms with E-state index in [9.17, 15) is 4.39 Å². The van der Waals surface area contributed by atoms with Gasteiger partial charge in [0.15, 0.2) is 5.84 Å². The molecule has 2 aromatic carbocycles. The molecule has 6 heteroatoms. The van der Waals surface area contributed by atoms with Gasteiger partial charge in [-0.3, -0.25) is 5.43 Å². The molecule has 1 N–H and O–H groups in total. The highest BCUT2D eigenvalue weighted by Crippen LogP contribution is 2.21. The van der Waals surface area contributed by atoms with Gasteiger partial charge >= 0.3 is 0 Å². The Hall–Kier alpha value is -2.11. The van der Waals surface area contributed by atoms with Crippen molar-refractivity contribution in [1.29, 1.82) is 0 Å². The van der Waals surface area contributed by atoms with Crippen LogP contribution in [0.1, 0.15) is 5.56 Å². The summed E-state index contributed by atoms with van der Waals surface area (Å²) in [4.78, 5) is 4.35. The zero-order valence-electron chi connectivity index (χ0n) is 13.5. The number of likely N-dealkylation sites (N-methyl/N-ethyl adjacent to an activating group) is 1. The van der Waals surface area contributed by atoms with E-state index >= 15 is 0 Å². The number of hydrazone groups is 1. The summed E-state index contributed by atoms with van der Waals surface area (Å²) < 4.78 is 14.3. The van der Waals surface area contributed by atoms with Crippen LogP contribution in [0.3, 0.4) is 0 Å². The smallest absolute Gasteiger partial charge is 0.159 e. The lowest BCUT2D eigenvalue weighted by atomic mass is 10.1. The molecule has 2 aromatic rings. The number of piperazine rings is 1. The Balaban J connectivity index is 1.91. The molecule has 0 saturated carbocycles. The van der Waals surface area contributed by atoms with Crippen LogP contribution in [0.4, 0.5) is 10.1 Å². The lowest BCUT2D eigenvalue weighted by Gasteiger charge is -2.34. The van der Waals surface area contributed by atoms with Crippen molar-refractivity contribution >= 4 is 23.1 Å². The third-order valence-corrected chi connectivity index (χ3v) is 4.40. The minimum atomic E-state index is -0.281. The molecule has 0 aliphatic carbocycles. The number of benzene rings is 2. The van der Waals surface area contributed by atoms with Crippen LogP contribution in [0.2, 0.25) is 5.02 Å². The number of para-hydroxylation sites is 1. The van der Waals surface area contributed by atoms with Gasteiger partial charge in [0.1, 0.15) is 5.82 Å². The molecule has 1 aliphatic heterocycles. The number of nitrogens with one attached hydrogen (secondary N) is 1. The first-order chi connectivity index (χ1) is 11.6. The first-order valence-corrected chi connectivity index (χ1v) is 8.29. The van der Waals surface area contributed by atoms with Gasteiger partial charge in [-0.05, 0) is 31.3 Å². The summed E-state index contributed by atoms with van der Waals surface area (Å²) in [5, 5.41) is 5.06. The molecule has 0 aromatic heterocycles. The quantitative estimate of drug-likeness (QED) is 0.524. The van der Waals surface area contributed by atoms with Crippen LogP contribution in [-0.4, -0.2) is 48.9 Å². The van der Waals surface area contributed by atoms with Gasteiger partial charge in [0, 0.05) is 26.2 Å². The van der Waals surface area contributed by atoms with Crippen molar-refractivity contribution in [2.45, 2.75) is 0 Å². The predicted molar refractivity (Wildman–Crippen MR) is 97.1 cm³/mol. The van der Waals surface area contributed by atoms with Crippen LogP contribution in [0.15, 0.2) is 53.6 Å². The topological polar surface area (TPSA) is 30.9 Å². The fourth-order valence-corrected chi connectivity index (χ4v) is 2.81. The van der Waals surface area contributed by atoms with Gasteiger partial charge in [0.05, 0.1) is 16.3 Å². The van der Waals surface area contributed by atoms with E-state index in [4.69, 9.17) is 11.6 Å². The molecule has 0 bridgehead atoms. The van der Waals surface area contributed by atoms with Crippen LogP contribution in [0, 0.1) is 5.82 Å². The Morgan fingerprint density at radius 2 is 1.71 bits per heavy atom. The molecule has 1 aliphatic rings. The minimum Gasteiger partial charge on any atom is -0.352 e. The Morgan fingerprint density at radius 1 is 1.04 bits per heavy atom. The van der Waals surface area contributed by atoms with Crippen molar-refractivity contribution in [2.75, 3.05) is 38.7 Å². The Morgan fingerprint density at radius 3 is 2.42 bits per heavy atom. The molecule has 1 saturated heterocycles. The van der Waals surface area contributed by atoms with E-state index in [1.54, 1.807) is 18.2 Å². The summed E-state index contributed by atoms with van der Waals surface area (Å²) in [6, 6.07) is 14.1.